The molecule has 0 aliphatic carbocycles. The molecule has 0 aliphatic heterocycles. The predicted octanol–water partition coefficient (Wildman–Crippen LogP) is 4.67. The van der Waals surface area contributed by atoms with Crippen molar-refractivity contribution in [2.45, 2.75) is 12.5 Å². The molecule has 6 nitrogen and oxygen atoms in total. The lowest BCUT2D eigenvalue weighted by Gasteiger charge is -2.18. The number of hydrogen-bond donors (Lipinski definition) is 1. The Morgan fingerprint density at radius 1 is 1.03 bits per heavy atom. The van der Waals surface area contributed by atoms with Crippen LogP contribution in [0.15, 0.2) is 77.5 Å². The fraction of sp³-hybridized carbons (Fsp3) is 0.136. The quantitative estimate of drug-likeness (QED) is 0.524. The summed E-state index contributed by atoms with van der Waals surface area (Å²) in [6, 6.07) is 17.2. The van der Waals surface area contributed by atoms with Crippen LogP contribution in [-0.4, -0.2) is 24.0 Å². The van der Waals surface area contributed by atoms with Gasteiger partial charge in [-0.3, -0.25) is 14.6 Å². The number of halogens is 1. The van der Waals surface area contributed by atoms with Crippen LogP contribution in [0, 0.1) is 0 Å². The standard InChI is InChI=1S/C22H19BrN2O4/c1-28-21(26)13-20(15-4-8-17(23)9-5-15)25-22(27)16-6-10-18(11-7-16)29-19-3-2-12-24-14-19/h2-12,14,20H,13H2,1H3,(H,25,27). The molecule has 3 rings (SSSR count). The third-order valence-corrected chi connectivity index (χ3v) is 4.69. The molecule has 1 atom stereocenters. The topological polar surface area (TPSA) is 77.5 Å². The SMILES string of the molecule is COC(=O)CC(NC(=O)c1ccc(Oc2cccnc2)cc1)c1ccc(Br)cc1. The molecule has 0 spiro atoms. The van der Waals surface area contributed by atoms with Crippen LogP contribution < -0.4 is 10.1 Å². The molecule has 148 valence electrons. The normalized spacial score (nSPS) is 11.4. The van der Waals surface area contributed by atoms with E-state index in [-0.39, 0.29) is 12.3 Å². The second-order valence-electron chi connectivity index (χ2n) is 6.17. The van der Waals surface area contributed by atoms with Gasteiger partial charge in [-0.2, -0.15) is 0 Å². The summed E-state index contributed by atoms with van der Waals surface area (Å²) in [6.45, 7) is 0. The molecule has 0 bridgehead atoms. The van der Waals surface area contributed by atoms with Gasteiger partial charge in [0.15, 0.2) is 0 Å². The molecule has 1 amide bonds. The maximum absolute atomic E-state index is 12.7. The number of carbonyl (C=O) groups excluding carboxylic acids is 2. The van der Waals surface area contributed by atoms with Gasteiger partial charge in [0.1, 0.15) is 11.5 Å². The molecule has 1 heterocycles. The number of nitrogens with zero attached hydrogens (tertiary/aromatic N) is 1. The maximum Gasteiger partial charge on any atom is 0.307 e. The molecule has 29 heavy (non-hydrogen) atoms. The van der Waals surface area contributed by atoms with Crippen LogP contribution in [0.25, 0.3) is 0 Å². The number of methoxy groups -OCH3 is 1. The highest BCUT2D eigenvalue weighted by Gasteiger charge is 2.20. The van der Waals surface area contributed by atoms with Crippen LogP contribution in [0.5, 0.6) is 11.5 Å². The van der Waals surface area contributed by atoms with E-state index in [1.165, 1.54) is 7.11 Å². The van der Waals surface area contributed by atoms with E-state index < -0.39 is 12.0 Å². The van der Waals surface area contributed by atoms with Crippen molar-refractivity contribution in [1.82, 2.24) is 10.3 Å². The highest BCUT2D eigenvalue weighted by atomic mass is 79.9. The van der Waals surface area contributed by atoms with Gasteiger partial charge in [0.05, 0.1) is 25.8 Å². The number of ether oxygens (including phenoxy) is 2. The van der Waals surface area contributed by atoms with E-state index in [2.05, 4.69) is 26.2 Å². The largest absolute Gasteiger partial charge is 0.469 e. The average molecular weight is 455 g/mol. The highest BCUT2D eigenvalue weighted by molar-refractivity contribution is 9.10. The summed E-state index contributed by atoms with van der Waals surface area (Å²) < 4.78 is 11.4. The van der Waals surface area contributed by atoms with E-state index in [0.29, 0.717) is 17.1 Å². The van der Waals surface area contributed by atoms with Gasteiger partial charge in [0.2, 0.25) is 0 Å². The van der Waals surface area contributed by atoms with Crippen LogP contribution >= 0.6 is 15.9 Å². The Balaban J connectivity index is 1.71. The first kappa shape index (κ1) is 20.5. The summed E-state index contributed by atoms with van der Waals surface area (Å²) in [5, 5.41) is 2.90. The van der Waals surface area contributed by atoms with E-state index in [4.69, 9.17) is 9.47 Å². The Hall–Kier alpha value is -3.19. The zero-order chi connectivity index (χ0) is 20.6. The molecule has 0 saturated heterocycles. The van der Waals surface area contributed by atoms with Crippen molar-refractivity contribution in [1.29, 1.82) is 0 Å². The number of amides is 1. The number of benzene rings is 2. The summed E-state index contributed by atoms with van der Waals surface area (Å²) in [6.07, 6.45) is 3.30. The molecule has 1 unspecified atom stereocenters. The number of nitrogens with one attached hydrogen (secondary N) is 1. The molecule has 1 N–H and O–H groups in total. The summed E-state index contributed by atoms with van der Waals surface area (Å²) in [5.41, 5.74) is 1.26. The van der Waals surface area contributed by atoms with Gasteiger partial charge in [-0.15, -0.1) is 0 Å². The number of esters is 1. The fourth-order valence-corrected chi connectivity index (χ4v) is 2.92. The van der Waals surface area contributed by atoms with E-state index in [1.807, 2.05) is 24.3 Å². The summed E-state index contributed by atoms with van der Waals surface area (Å²) >= 11 is 3.38. The number of hydrogen-bond acceptors (Lipinski definition) is 5. The average Bonchev–Trinajstić information content (AvgIpc) is 2.75. The van der Waals surface area contributed by atoms with Crippen molar-refractivity contribution < 1.29 is 19.1 Å². The van der Waals surface area contributed by atoms with Gasteiger partial charge < -0.3 is 14.8 Å². The van der Waals surface area contributed by atoms with Crippen molar-refractivity contribution >= 4 is 27.8 Å². The molecular weight excluding hydrogens is 436 g/mol. The minimum Gasteiger partial charge on any atom is -0.469 e. The Kier molecular flexibility index (Phi) is 6.97. The molecule has 1 aromatic heterocycles. The lowest BCUT2D eigenvalue weighted by atomic mass is 10.0. The van der Waals surface area contributed by atoms with E-state index in [1.54, 1.807) is 48.8 Å². The number of rotatable bonds is 7. The van der Waals surface area contributed by atoms with Gasteiger partial charge in [0.25, 0.3) is 5.91 Å². The third kappa shape index (κ3) is 5.89. The van der Waals surface area contributed by atoms with E-state index >= 15 is 0 Å². The van der Waals surface area contributed by atoms with Crippen LogP contribution in [0.4, 0.5) is 0 Å². The number of carbonyl (C=O) groups is 2. The van der Waals surface area contributed by atoms with Crippen molar-refractivity contribution in [2.24, 2.45) is 0 Å². The first-order valence-electron chi connectivity index (χ1n) is 8.86. The van der Waals surface area contributed by atoms with E-state index in [9.17, 15) is 9.59 Å². The first-order valence-corrected chi connectivity index (χ1v) is 9.65. The van der Waals surface area contributed by atoms with Gasteiger partial charge in [0, 0.05) is 16.2 Å². The summed E-state index contributed by atoms with van der Waals surface area (Å²) in [7, 11) is 1.32. The number of aromatic nitrogens is 1. The Labute approximate surface area is 177 Å². The first-order chi connectivity index (χ1) is 14.0. The second kappa shape index (κ2) is 9.84. The summed E-state index contributed by atoms with van der Waals surface area (Å²) in [5.74, 6) is 0.500. The minimum absolute atomic E-state index is 0.0338. The Bertz CT molecular complexity index is 960. The lowest BCUT2D eigenvalue weighted by Crippen LogP contribution is -2.30. The fourth-order valence-electron chi connectivity index (χ4n) is 2.66. The minimum atomic E-state index is -0.505. The van der Waals surface area contributed by atoms with Crippen molar-refractivity contribution in [3.8, 4) is 11.5 Å². The Morgan fingerprint density at radius 2 is 1.76 bits per heavy atom. The van der Waals surface area contributed by atoms with Gasteiger partial charge in [-0.05, 0) is 54.1 Å². The molecular formula is C22H19BrN2O4. The summed E-state index contributed by atoms with van der Waals surface area (Å²) in [4.78, 5) is 28.5. The zero-order valence-corrected chi connectivity index (χ0v) is 17.3. The molecule has 0 saturated carbocycles. The van der Waals surface area contributed by atoms with Crippen LogP contribution in [-0.2, 0) is 9.53 Å². The van der Waals surface area contributed by atoms with E-state index in [0.717, 1.165) is 10.0 Å². The van der Waals surface area contributed by atoms with Crippen LogP contribution in [0.1, 0.15) is 28.4 Å². The third-order valence-electron chi connectivity index (χ3n) is 4.16. The van der Waals surface area contributed by atoms with Gasteiger partial charge >= 0.3 is 5.97 Å². The predicted molar refractivity (Wildman–Crippen MR) is 112 cm³/mol. The molecule has 2 aromatic carbocycles. The molecule has 0 radical (unpaired) electrons. The molecule has 0 fully saturated rings. The lowest BCUT2D eigenvalue weighted by molar-refractivity contribution is -0.141. The molecule has 0 aliphatic rings. The van der Waals surface area contributed by atoms with Gasteiger partial charge in [-0.1, -0.05) is 28.1 Å². The zero-order valence-electron chi connectivity index (χ0n) is 15.7. The van der Waals surface area contributed by atoms with Crippen molar-refractivity contribution in [2.75, 3.05) is 7.11 Å². The van der Waals surface area contributed by atoms with Crippen molar-refractivity contribution in [3.05, 3.63) is 88.7 Å². The van der Waals surface area contributed by atoms with Crippen LogP contribution in [0.2, 0.25) is 0 Å². The maximum atomic E-state index is 12.7. The molecule has 7 heteroatoms. The second-order valence-corrected chi connectivity index (χ2v) is 7.09. The van der Waals surface area contributed by atoms with Crippen LogP contribution in [0.3, 0.4) is 0 Å². The monoisotopic (exact) mass is 454 g/mol. The molecule has 3 aromatic rings. The highest BCUT2D eigenvalue weighted by Crippen LogP contribution is 2.23. The number of pyridine rings is 1. The van der Waals surface area contributed by atoms with Crippen molar-refractivity contribution in [3.63, 3.8) is 0 Å². The van der Waals surface area contributed by atoms with Gasteiger partial charge in [-0.25, -0.2) is 0 Å². The smallest absolute Gasteiger partial charge is 0.307 e. The Morgan fingerprint density at radius 3 is 2.38 bits per heavy atom.